The normalized spacial score (nSPS) is 14.6. The SMILES string of the molecule is O=C(COc1ccc(S(=O)(=O)Nc2cccc(C(F)(F)F)c2)cc1Cl)N1CCCC1. The minimum atomic E-state index is -4.60. The molecule has 1 N–H and O–H groups in total. The molecule has 30 heavy (non-hydrogen) atoms. The molecule has 6 nitrogen and oxygen atoms in total. The van der Waals surface area contributed by atoms with E-state index in [2.05, 4.69) is 4.72 Å². The van der Waals surface area contributed by atoms with E-state index in [4.69, 9.17) is 16.3 Å². The number of hydrogen-bond donors (Lipinski definition) is 1. The van der Waals surface area contributed by atoms with Crippen molar-refractivity contribution in [3.63, 3.8) is 0 Å². The molecule has 1 aliphatic heterocycles. The number of sulfonamides is 1. The number of alkyl halides is 3. The highest BCUT2D eigenvalue weighted by Crippen LogP contribution is 2.32. The molecule has 162 valence electrons. The molecular formula is C19H18ClF3N2O4S. The summed E-state index contributed by atoms with van der Waals surface area (Å²) < 4.78 is 70.9. The highest BCUT2D eigenvalue weighted by atomic mass is 35.5. The number of carbonyl (C=O) groups excluding carboxylic acids is 1. The minimum absolute atomic E-state index is 0.0452. The Morgan fingerprint density at radius 3 is 2.47 bits per heavy atom. The van der Waals surface area contributed by atoms with Crippen LogP contribution < -0.4 is 9.46 Å². The monoisotopic (exact) mass is 462 g/mol. The van der Waals surface area contributed by atoms with Crippen molar-refractivity contribution >= 4 is 33.2 Å². The Morgan fingerprint density at radius 2 is 1.83 bits per heavy atom. The van der Waals surface area contributed by atoms with Gasteiger partial charge in [-0.1, -0.05) is 17.7 Å². The minimum Gasteiger partial charge on any atom is -0.482 e. The van der Waals surface area contributed by atoms with Crippen molar-refractivity contribution in [2.24, 2.45) is 0 Å². The molecule has 1 heterocycles. The van der Waals surface area contributed by atoms with Crippen molar-refractivity contribution in [3.8, 4) is 5.75 Å². The second kappa shape index (κ2) is 8.73. The molecule has 0 aromatic heterocycles. The molecule has 0 atom stereocenters. The molecule has 2 aromatic rings. The zero-order chi connectivity index (χ0) is 21.9. The number of likely N-dealkylation sites (tertiary alicyclic amines) is 1. The van der Waals surface area contributed by atoms with Gasteiger partial charge in [0.25, 0.3) is 15.9 Å². The summed E-state index contributed by atoms with van der Waals surface area (Å²) in [7, 11) is -4.19. The molecule has 1 aliphatic rings. The predicted molar refractivity (Wildman–Crippen MR) is 105 cm³/mol. The lowest BCUT2D eigenvalue weighted by atomic mass is 10.2. The van der Waals surface area contributed by atoms with Gasteiger partial charge in [0.15, 0.2) is 6.61 Å². The fraction of sp³-hybridized carbons (Fsp3) is 0.316. The highest BCUT2D eigenvalue weighted by Gasteiger charge is 2.30. The fourth-order valence-electron chi connectivity index (χ4n) is 2.94. The number of amides is 1. The van der Waals surface area contributed by atoms with E-state index in [9.17, 15) is 26.4 Å². The molecule has 1 fully saturated rings. The van der Waals surface area contributed by atoms with Gasteiger partial charge in [-0.15, -0.1) is 0 Å². The number of anilines is 1. The highest BCUT2D eigenvalue weighted by molar-refractivity contribution is 7.92. The van der Waals surface area contributed by atoms with E-state index in [1.54, 1.807) is 4.90 Å². The van der Waals surface area contributed by atoms with E-state index in [1.807, 2.05) is 0 Å². The van der Waals surface area contributed by atoms with Crippen LogP contribution in [-0.2, 0) is 21.0 Å². The topological polar surface area (TPSA) is 75.7 Å². The summed E-state index contributed by atoms with van der Waals surface area (Å²) in [4.78, 5) is 13.4. The zero-order valence-electron chi connectivity index (χ0n) is 15.6. The Kier molecular flexibility index (Phi) is 6.47. The number of nitrogens with zero attached hydrogens (tertiary/aromatic N) is 1. The van der Waals surface area contributed by atoms with Crippen LogP contribution in [-0.4, -0.2) is 38.9 Å². The van der Waals surface area contributed by atoms with Crippen LogP contribution in [0.3, 0.4) is 0 Å². The van der Waals surface area contributed by atoms with Gasteiger partial charge in [-0.2, -0.15) is 13.2 Å². The third-order valence-corrected chi connectivity index (χ3v) is 6.14. The van der Waals surface area contributed by atoms with Gasteiger partial charge in [0.05, 0.1) is 15.5 Å². The Bertz CT molecular complexity index is 1040. The van der Waals surface area contributed by atoms with Gasteiger partial charge in [-0.25, -0.2) is 8.42 Å². The Balaban J connectivity index is 1.71. The fourth-order valence-corrected chi connectivity index (χ4v) is 4.31. The lowest BCUT2D eigenvalue weighted by Gasteiger charge is -2.16. The maximum atomic E-state index is 12.8. The molecule has 0 aliphatic carbocycles. The summed E-state index contributed by atoms with van der Waals surface area (Å²) in [6.45, 7) is 1.12. The van der Waals surface area contributed by atoms with Gasteiger partial charge < -0.3 is 9.64 Å². The van der Waals surface area contributed by atoms with Crippen LogP contribution in [0.5, 0.6) is 5.75 Å². The molecule has 11 heteroatoms. The largest absolute Gasteiger partial charge is 0.482 e. The van der Waals surface area contributed by atoms with Crippen molar-refractivity contribution in [3.05, 3.63) is 53.1 Å². The van der Waals surface area contributed by atoms with Crippen LogP contribution in [0.15, 0.2) is 47.4 Å². The molecule has 1 amide bonds. The van der Waals surface area contributed by atoms with Gasteiger partial charge in [0.2, 0.25) is 0 Å². The number of rotatable bonds is 6. The lowest BCUT2D eigenvalue weighted by molar-refractivity contribution is -0.137. The van der Waals surface area contributed by atoms with Gasteiger partial charge in [-0.05, 0) is 49.2 Å². The third-order valence-electron chi connectivity index (χ3n) is 4.47. The molecule has 0 bridgehead atoms. The van der Waals surface area contributed by atoms with Gasteiger partial charge in [-0.3, -0.25) is 9.52 Å². The van der Waals surface area contributed by atoms with E-state index in [0.29, 0.717) is 19.2 Å². The van der Waals surface area contributed by atoms with Gasteiger partial charge in [0, 0.05) is 18.8 Å². The summed E-state index contributed by atoms with van der Waals surface area (Å²) >= 11 is 6.08. The first kappa shape index (κ1) is 22.2. The predicted octanol–water partition coefficient (Wildman–Crippen LogP) is 4.16. The van der Waals surface area contributed by atoms with Gasteiger partial charge >= 0.3 is 6.18 Å². The van der Waals surface area contributed by atoms with Crippen LogP contribution >= 0.6 is 11.6 Å². The Morgan fingerprint density at radius 1 is 1.13 bits per heavy atom. The molecular weight excluding hydrogens is 445 g/mol. The average Bonchev–Trinajstić information content (AvgIpc) is 3.21. The Labute approximate surface area is 176 Å². The number of hydrogen-bond acceptors (Lipinski definition) is 4. The first-order valence-corrected chi connectivity index (χ1v) is 10.8. The van der Waals surface area contributed by atoms with Crippen LogP contribution in [0.1, 0.15) is 18.4 Å². The summed E-state index contributed by atoms with van der Waals surface area (Å²) in [5, 5.41) is -0.0452. The van der Waals surface area contributed by atoms with E-state index in [0.717, 1.165) is 31.0 Å². The molecule has 2 aromatic carbocycles. The maximum Gasteiger partial charge on any atom is 0.416 e. The van der Waals surface area contributed by atoms with Crippen LogP contribution in [0.25, 0.3) is 0 Å². The summed E-state index contributed by atoms with van der Waals surface area (Å²) in [5.41, 5.74) is -1.22. The quantitative estimate of drug-likeness (QED) is 0.699. The molecule has 1 saturated heterocycles. The average molecular weight is 463 g/mol. The second-order valence-corrected chi connectivity index (χ2v) is 8.74. The van der Waals surface area contributed by atoms with Crippen LogP contribution in [0.2, 0.25) is 5.02 Å². The maximum absolute atomic E-state index is 12.8. The van der Waals surface area contributed by atoms with E-state index >= 15 is 0 Å². The zero-order valence-corrected chi connectivity index (χ0v) is 17.1. The van der Waals surface area contributed by atoms with Gasteiger partial charge in [0.1, 0.15) is 5.75 Å². The molecule has 0 radical (unpaired) electrons. The van der Waals surface area contributed by atoms with Crippen molar-refractivity contribution in [1.29, 1.82) is 0 Å². The molecule has 0 saturated carbocycles. The van der Waals surface area contributed by atoms with Crippen molar-refractivity contribution in [2.75, 3.05) is 24.4 Å². The first-order valence-electron chi connectivity index (χ1n) is 8.96. The number of benzene rings is 2. The van der Waals surface area contributed by atoms with Crippen LogP contribution in [0.4, 0.5) is 18.9 Å². The van der Waals surface area contributed by atoms with E-state index in [1.165, 1.54) is 18.2 Å². The van der Waals surface area contributed by atoms with Crippen molar-refractivity contribution in [2.45, 2.75) is 23.9 Å². The summed E-state index contributed by atoms with van der Waals surface area (Å²) in [5.74, 6) is -0.0614. The van der Waals surface area contributed by atoms with E-state index in [-0.39, 0.29) is 33.9 Å². The van der Waals surface area contributed by atoms with Crippen LogP contribution in [0, 0.1) is 0 Å². The molecule has 0 spiro atoms. The molecule has 0 unspecified atom stereocenters. The first-order chi connectivity index (χ1) is 14.1. The Hall–Kier alpha value is -2.46. The lowest BCUT2D eigenvalue weighted by Crippen LogP contribution is -2.32. The van der Waals surface area contributed by atoms with Crippen molar-refractivity contribution in [1.82, 2.24) is 4.90 Å². The standard InChI is InChI=1S/C19H18ClF3N2O4S/c20-16-11-15(6-7-17(16)29-12-18(26)25-8-1-2-9-25)30(27,28)24-14-5-3-4-13(10-14)19(21,22)23/h3-7,10-11,24H,1-2,8-9,12H2. The third kappa shape index (κ3) is 5.37. The summed E-state index contributed by atoms with van der Waals surface area (Å²) in [6.07, 6.45) is -2.72. The van der Waals surface area contributed by atoms with E-state index < -0.39 is 21.8 Å². The molecule has 3 rings (SSSR count). The summed E-state index contributed by atoms with van der Waals surface area (Å²) in [6, 6.07) is 7.42. The number of nitrogens with one attached hydrogen (secondary N) is 1. The number of ether oxygens (including phenoxy) is 1. The number of carbonyl (C=O) groups is 1. The smallest absolute Gasteiger partial charge is 0.416 e. The van der Waals surface area contributed by atoms with Crippen molar-refractivity contribution < 1.29 is 31.1 Å². The number of halogens is 4. The second-order valence-electron chi connectivity index (χ2n) is 6.65.